The number of likely N-dealkylation sites (N-methyl/N-ethyl adjacent to an activating group) is 1. The summed E-state index contributed by atoms with van der Waals surface area (Å²) < 4.78 is 0. The molecule has 1 atom stereocenters. The molecule has 0 fully saturated rings. The number of nitrogens with one attached hydrogen (secondary N) is 1. The molecule has 3 heteroatoms. The van der Waals surface area contributed by atoms with Gasteiger partial charge in [-0.15, -0.1) is 0 Å². The molecular weight excluding hydrogens is 176 g/mol. The quantitative estimate of drug-likeness (QED) is 0.682. The molecule has 0 saturated carbocycles. The van der Waals surface area contributed by atoms with E-state index in [-0.39, 0.29) is 5.91 Å². The van der Waals surface area contributed by atoms with Crippen LogP contribution < -0.4 is 5.32 Å². The molecule has 0 spiro atoms. The summed E-state index contributed by atoms with van der Waals surface area (Å²) >= 11 is 0. The third-order valence-corrected chi connectivity index (χ3v) is 2.67. The monoisotopic (exact) mass is 196 g/mol. The molecular formula is C11H20N2O. The van der Waals surface area contributed by atoms with Crippen molar-refractivity contribution in [3.8, 4) is 0 Å². The van der Waals surface area contributed by atoms with Gasteiger partial charge in [0.15, 0.2) is 0 Å². The van der Waals surface area contributed by atoms with Crippen LogP contribution in [0.2, 0.25) is 0 Å². The van der Waals surface area contributed by atoms with Gasteiger partial charge in [0.1, 0.15) is 0 Å². The summed E-state index contributed by atoms with van der Waals surface area (Å²) in [5, 5.41) is 2.92. The van der Waals surface area contributed by atoms with Crippen LogP contribution in [0.15, 0.2) is 12.2 Å². The Kier molecular flexibility index (Phi) is 4.66. The third kappa shape index (κ3) is 3.92. The van der Waals surface area contributed by atoms with Crippen molar-refractivity contribution in [2.75, 3.05) is 20.6 Å². The SMILES string of the molecule is CN(C)C1CCCC/C=C\C(=O)NC1. The number of carbonyl (C=O) groups is 1. The highest BCUT2D eigenvalue weighted by atomic mass is 16.1. The number of amides is 1. The zero-order valence-corrected chi connectivity index (χ0v) is 9.12. The number of hydrogen-bond donors (Lipinski definition) is 1. The Morgan fingerprint density at radius 3 is 2.93 bits per heavy atom. The fourth-order valence-corrected chi connectivity index (χ4v) is 1.65. The average Bonchev–Trinajstić information content (AvgIpc) is 2.15. The van der Waals surface area contributed by atoms with Crippen molar-refractivity contribution in [3.05, 3.63) is 12.2 Å². The molecule has 0 radical (unpaired) electrons. The molecule has 3 nitrogen and oxygen atoms in total. The standard InChI is InChI=1S/C11H20N2O/c1-13(2)10-7-5-3-4-6-8-11(14)12-9-10/h6,8,10H,3-5,7,9H2,1-2H3,(H,12,14)/b8-6-. The molecule has 80 valence electrons. The van der Waals surface area contributed by atoms with Gasteiger partial charge in [-0.1, -0.05) is 12.5 Å². The number of allylic oxidation sites excluding steroid dienone is 1. The molecule has 1 rings (SSSR count). The largest absolute Gasteiger partial charge is 0.351 e. The maximum absolute atomic E-state index is 11.3. The number of rotatable bonds is 1. The zero-order chi connectivity index (χ0) is 10.4. The normalized spacial score (nSPS) is 27.1. The highest BCUT2D eigenvalue weighted by molar-refractivity contribution is 5.87. The van der Waals surface area contributed by atoms with E-state index in [9.17, 15) is 4.79 Å². The lowest BCUT2D eigenvalue weighted by molar-refractivity contribution is -0.116. The maximum atomic E-state index is 11.3. The fourth-order valence-electron chi connectivity index (χ4n) is 1.65. The van der Waals surface area contributed by atoms with Gasteiger partial charge in [-0.3, -0.25) is 4.79 Å². The van der Waals surface area contributed by atoms with Crippen molar-refractivity contribution in [1.82, 2.24) is 10.2 Å². The number of nitrogens with zero attached hydrogens (tertiary/aromatic N) is 1. The zero-order valence-electron chi connectivity index (χ0n) is 9.12. The third-order valence-electron chi connectivity index (χ3n) is 2.67. The van der Waals surface area contributed by atoms with Gasteiger partial charge in [0.05, 0.1) is 0 Å². The first-order chi connectivity index (χ1) is 6.70. The molecule has 0 aromatic rings. The van der Waals surface area contributed by atoms with E-state index < -0.39 is 0 Å². The van der Waals surface area contributed by atoms with Crippen LogP contribution in [0, 0.1) is 0 Å². The minimum Gasteiger partial charge on any atom is -0.351 e. The molecule has 1 aliphatic heterocycles. The van der Waals surface area contributed by atoms with Gasteiger partial charge in [-0.25, -0.2) is 0 Å². The first-order valence-corrected chi connectivity index (χ1v) is 5.31. The van der Waals surface area contributed by atoms with Gasteiger partial charge in [0.2, 0.25) is 5.91 Å². The van der Waals surface area contributed by atoms with Crippen LogP contribution in [0.3, 0.4) is 0 Å². The van der Waals surface area contributed by atoms with E-state index in [1.807, 2.05) is 6.08 Å². The molecule has 1 unspecified atom stereocenters. The van der Waals surface area contributed by atoms with E-state index in [0.717, 1.165) is 13.0 Å². The van der Waals surface area contributed by atoms with Crippen LogP contribution in [-0.2, 0) is 4.79 Å². The fraction of sp³-hybridized carbons (Fsp3) is 0.727. The Morgan fingerprint density at radius 2 is 2.21 bits per heavy atom. The summed E-state index contributed by atoms with van der Waals surface area (Å²) in [6.07, 6.45) is 8.23. The Morgan fingerprint density at radius 1 is 1.43 bits per heavy atom. The topological polar surface area (TPSA) is 32.3 Å². The van der Waals surface area contributed by atoms with E-state index in [2.05, 4.69) is 24.3 Å². The van der Waals surface area contributed by atoms with Crippen LogP contribution in [0.25, 0.3) is 0 Å². The van der Waals surface area contributed by atoms with Crippen LogP contribution in [-0.4, -0.2) is 37.5 Å². The van der Waals surface area contributed by atoms with Crippen molar-refractivity contribution in [3.63, 3.8) is 0 Å². The molecule has 14 heavy (non-hydrogen) atoms. The Balaban J connectivity index is 2.49. The number of carbonyl (C=O) groups excluding carboxylic acids is 1. The Bertz CT molecular complexity index is 211. The summed E-state index contributed by atoms with van der Waals surface area (Å²) in [5.74, 6) is 0.0405. The first-order valence-electron chi connectivity index (χ1n) is 5.31. The van der Waals surface area contributed by atoms with Crippen LogP contribution in [0.4, 0.5) is 0 Å². The smallest absolute Gasteiger partial charge is 0.243 e. The van der Waals surface area contributed by atoms with Crippen LogP contribution >= 0.6 is 0 Å². The van der Waals surface area contributed by atoms with Gasteiger partial charge in [0, 0.05) is 12.6 Å². The predicted molar refractivity (Wildman–Crippen MR) is 58.1 cm³/mol. The van der Waals surface area contributed by atoms with Gasteiger partial charge in [0.25, 0.3) is 0 Å². The van der Waals surface area contributed by atoms with E-state index in [1.54, 1.807) is 6.08 Å². The summed E-state index contributed by atoms with van der Waals surface area (Å²) in [4.78, 5) is 13.4. The lowest BCUT2D eigenvalue weighted by Gasteiger charge is -2.24. The summed E-state index contributed by atoms with van der Waals surface area (Å²) in [5.41, 5.74) is 0. The van der Waals surface area contributed by atoms with E-state index in [0.29, 0.717) is 6.04 Å². The molecule has 1 amide bonds. The molecule has 0 aliphatic carbocycles. The second kappa shape index (κ2) is 5.81. The molecule has 0 aromatic carbocycles. The molecule has 0 saturated heterocycles. The highest BCUT2D eigenvalue weighted by Crippen LogP contribution is 2.08. The van der Waals surface area contributed by atoms with Gasteiger partial charge < -0.3 is 10.2 Å². The van der Waals surface area contributed by atoms with Crippen molar-refractivity contribution in [2.24, 2.45) is 0 Å². The molecule has 1 N–H and O–H groups in total. The second-order valence-electron chi connectivity index (χ2n) is 4.05. The van der Waals surface area contributed by atoms with E-state index in [4.69, 9.17) is 0 Å². The molecule has 0 aromatic heterocycles. The predicted octanol–water partition coefficient (Wildman–Crippen LogP) is 1.16. The lowest BCUT2D eigenvalue weighted by Crippen LogP contribution is -2.39. The maximum Gasteiger partial charge on any atom is 0.243 e. The lowest BCUT2D eigenvalue weighted by atomic mass is 10.1. The van der Waals surface area contributed by atoms with Gasteiger partial charge in [-0.2, -0.15) is 0 Å². The first kappa shape index (κ1) is 11.2. The van der Waals surface area contributed by atoms with Gasteiger partial charge in [-0.05, 0) is 39.4 Å². The Labute approximate surface area is 86.2 Å². The number of hydrogen-bond acceptors (Lipinski definition) is 2. The van der Waals surface area contributed by atoms with Crippen molar-refractivity contribution >= 4 is 5.91 Å². The van der Waals surface area contributed by atoms with Crippen LogP contribution in [0.5, 0.6) is 0 Å². The van der Waals surface area contributed by atoms with Crippen molar-refractivity contribution in [2.45, 2.75) is 31.7 Å². The minimum atomic E-state index is 0.0405. The Hall–Kier alpha value is -0.830. The van der Waals surface area contributed by atoms with Gasteiger partial charge >= 0.3 is 0 Å². The minimum absolute atomic E-state index is 0.0405. The summed E-state index contributed by atoms with van der Waals surface area (Å²) in [6.45, 7) is 0.760. The summed E-state index contributed by atoms with van der Waals surface area (Å²) in [7, 11) is 4.14. The highest BCUT2D eigenvalue weighted by Gasteiger charge is 2.12. The van der Waals surface area contributed by atoms with Crippen molar-refractivity contribution < 1.29 is 4.79 Å². The average molecular weight is 196 g/mol. The van der Waals surface area contributed by atoms with E-state index >= 15 is 0 Å². The summed E-state index contributed by atoms with van der Waals surface area (Å²) in [6, 6.07) is 0.477. The molecule has 1 heterocycles. The molecule has 0 bridgehead atoms. The second-order valence-corrected chi connectivity index (χ2v) is 4.05. The van der Waals surface area contributed by atoms with E-state index in [1.165, 1.54) is 19.3 Å². The van der Waals surface area contributed by atoms with Crippen molar-refractivity contribution in [1.29, 1.82) is 0 Å². The molecule has 1 aliphatic rings. The van der Waals surface area contributed by atoms with Crippen LogP contribution in [0.1, 0.15) is 25.7 Å².